The lowest BCUT2D eigenvalue weighted by Crippen LogP contribution is -2.09. The van der Waals surface area contributed by atoms with Crippen LogP contribution in [0.1, 0.15) is 62.7 Å². The highest BCUT2D eigenvalue weighted by Crippen LogP contribution is 2.41. The first-order chi connectivity index (χ1) is 10.8. The molecular formula is C19H26O3. The predicted octanol–water partition coefficient (Wildman–Crippen LogP) is 4.67. The van der Waals surface area contributed by atoms with E-state index >= 15 is 0 Å². The summed E-state index contributed by atoms with van der Waals surface area (Å²) < 4.78 is 10.2. The van der Waals surface area contributed by atoms with E-state index in [0.717, 1.165) is 17.5 Å². The van der Waals surface area contributed by atoms with Gasteiger partial charge in [0, 0.05) is 0 Å². The molecule has 0 aliphatic carbocycles. The van der Waals surface area contributed by atoms with Crippen LogP contribution in [0.2, 0.25) is 0 Å². The topological polar surface area (TPSA) is 38.8 Å². The molecule has 22 heavy (non-hydrogen) atoms. The minimum absolute atomic E-state index is 0.155. The van der Waals surface area contributed by atoms with Crippen molar-refractivity contribution in [1.82, 2.24) is 0 Å². The molecule has 0 spiro atoms. The second-order valence-corrected chi connectivity index (χ2v) is 5.73. The predicted molar refractivity (Wildman–Crippen MR) is 88.5 cm³/mol. The van der Waals surface area contributed by atoms with Gasteiger partial charge in [0.1, 0.15) is 6.10 Å². The molecule has 1 aliphatic heterocycles. The number of benzene rings is 1. The van der Waals surface area contributed by atoms with E-state index in [1.807, 2.05) is 18.2 Å². The minimum Gasteiger partial charge on any atom is -0.467 e. The Labute approximate surface area is 133 Å². The van der Waals surface area contributed by atoms with Gasteiger partial charge < -0.3 is 9.47 Å². The van der Waals surface area contributed by atoms with E-state index in [9.17, 15) is 4.79 Å². The molecule has 2 atom stereocenters. The van der Waals surface area contributed by atoms with Gasteiger partial charge in [-0.1, -0.05) is 69.0 Å². The summed E-state index contributed by atoms with van der Waals surface area (Å²) in [4.78, 5) is 11.5. The summed E-state index contributed by atoms with van der Waals surface area (Å²) in [7, 11) is 1.39. The minimum atomic E-state index is -0.436. The number of epoxide rings is 1. The van der Waals surface area contributed by atoms with Crippen LogP contribution in [0.25, 0.3) is 6.08 Å². The quantitative estimate of drug-likeness (QED) is 0.378. The van der Waals surface area contributed by atoms with Crippen molar-refractivity contribution in [3.8, 4) is 0 Å². The molecule has 3 nitrogen and oxygen atoms in total. The van der Waals surface area contributed by atoms with E-state index in [0.29, 0.717) is 0 Å². The van der Waals surface area contributed by atoms with Crippen molar-refractivity contribution in [1.29, 1.82) is 0 Å². The molecule has 120 valence electrons. The summed E-state index contributed by atoms with van der Waals surface area (Å²) in [5.41, 5.74) is 2.20. The van der Waals surface area contributed by atoms with Crippen LogP contribution in [0, 0.1) is 0 Å². The summed E-state index contributed by atoms with van der Waals surface area (Å²) in [5, 5.41) is 0. The van der Waals surface area contributed by atoms with Crippen LogP contribution >= 0.6 is 0 Å². The largest absolute Gasteiger partial charge is 0.467 e. The maximum absolute atomic E-state index is 11.5. The van der Waals surface area contributed by atoms with Crippen molar-refractivity contribution in [2.75, 3.05) is 7.11 Å². The fourth-order valence-corrected chi connectivity index (χ4v) is 2.64. The molecule has 0 amide bonds. The first kappa shape index (κ1) is 16.8. The Morgan fingerprint density at radius 1 is 1.23 bits per heavy atom. The zero-order valence-corrected chi connectivity index (χ0v) is 13.6. The Kier molecular flexibility index (Phi) is 6.66. The van der Waals surface area contributed by atoms with Crippen LogP contribution in [0.4, 0.5) is 0 Å². The first-order valence-corrected chi connectivity index (χ1v) is 8.26. The summed E-state index contributed by atoms with van der Waals surface area (Å²) >= 11 is 0. The van der Waals surface area contributed by atoms with E-state index in [2.05, 4.69) is 25.1 Å². The molecule has 0 radical (unpaired) electrons. The number of unbranched alkanes of at least 4 members (excludes halogenated alkanes) is 5. The Hall–Kier alpha value is -1.61. The number of methoxy groups -OCH3 is 1. The second-order valence-electron chi connectivity index (χ2n) is 5.73. The van der Waals surface area contributed by atoms with Gasteiger partial charge in [-0.05, 0) is 24.0 Å². The highest BCUT2D eigenvalue weighted by atomic mass is 16.6. The van der Waals surface area contributed by atoms with Crippen molar-refractivity contribution < 1.29 is 14.3 Å². The van der Waals surface area contributed by atoms with Gasteiger partial charge in [-0.25, -0.2) is 4.79 Å². The van der Waals surface area contributed by atoms with Gasteiger partial charge >= 0.3 is 5.97 Å². The molecule has 1 saturated heterocycles. The molecule has 0 saturated carbocycles. The van der Waals surface area contributed by atoms with Crippen LogP contribution < -0.4 is 0 Å². The number of esters is 1. The normalized spacial score (nSPS) is 20.3. The van der Waals surface area contributed by atoms with Gasteiger partial charge in [0.2, 0.25) is 0 Å². The molecule has 1 aliphatic rings. The molecule has 1 aromatic carbocycles. The Morgan fingerprint density at radius 2 is 2.00 bits per heavy atom. The zero-order chi connectivity index (χ0) is 15.8. The van der Waals surface area contributed by atoms with Crippen molar-refractivity contribution in [2.45, 2.75) is 57.7 Å². The molecule has 2 unspecified atom stereocenters. The lowest BCUT2D eigenvalue weighted by molar-refractivity contribution is -0.142. The highest BCUT2D eigenvalue weighted by molar-refractivity contribution is 5.78. The fraction of sp³-hybridized carbons (Fsp3) is 0.526. The molecule has 1 fully saturated rings. The zero-order valence-electron chi connectivity index (χ0n) is 13.6. The molecule has 0 aromatic heterocycles. The van der Waals surface area contributed by atoms with Crippen molar-refractivity contribution in [3.63, 3.8) is 0 Å². The van der Waals surface area contributed by atoms with Crippen LogP contribution in [0.15, 0.2) is 30.3 Å². The Morgan fingerprint density at radius 3 is 2.77 bits per heavy atom. The van der Waals surface area contributed by atoms with Gasteiger partial charge in [-0.2, -0.15) is 0 Å². The molecule has 1 heterocycles. The van der Waals surface area contributed by atoms with Crippen molar-refractivity contribution in [2.24, 2.45) is 0 Å². The number of carbonyl (C=O) groups is 1. The van der Waals surface area contributed by atoms with Crippen LogP contribution in [-0.4, -0.2) is 19.2 Å². The van der Waals surface area contributed by atoms with Gasteiger partial charge in [0.25, 0.3) is 0 Å². The Bertz CT molecular complexity index is 507. The number of hydrogen-bond donors (Lipinski definition) is 0. The number of carbonyl (C=O) groups excluding carboxylic acids is 1. The van der Waals surface area contributed by atoms with E-state index in [1.165, 1.54) is 39.2 Å². The summed E-state index contributed by atoms with van der Waals surface area (Å²) in [5.74, 6) is -0.292. The monoisotopic (exact) mass is 302 g/mol. The average Bonchev–Trinajstić information content (AvgIpc) is 3.34. The van der Waals surface area contributed by atoms with Gasteiger partial charge in [0.05, 0.1) is 7.11 Å². The molecule has 3 heteroatoms. The van der Waals surface area contributed by atoms with Gasteiger partial charge in [-0.3, -0.25) is 0 Å². The number of ether oxygens (including phenoxy) is 2. The van der Waals surface area contributed by atoms with Crippen LogP contribution in [-0.2, 0) is 14.3 Å². The molecule has 2 rings (SSSR count). The van der Waals surface area contributed by atoms with E-state index in [4.69, 9.17) is 9.47 Å². The standard InChI is InChI=1S/C19H26O3/c1-3-4-5-6-7-8-9-12-15-13-10-11-14-16(15)17-18(22-17)19(20)21-2/h9-14,17-18H,3-8H2,1-2H3. The van der Waals surface area contributed by atoms with Crippen molar-refractivity contribution >= 4 is 12.0 Å². The molecule has 0 N–H and O–H groups in total. The van der Waals surface area contributed by atoms with E-state index in [-0.39, 0.29) is 12.1 Å². The van der Waals surface area contributed by atoms with Crippen molar-refractivity contribution in [3.05, 3.63) is 41.5 Å². The first-order valence-electron chi connectivity index (χ1n) is 8.26. The highest BCUT2D eigenvalue weighted by Gasteiger charge is 2.47. The third-order valence-corrected chi connectivity index (χ3v) is 4.00. The van der Waals surface area contributed by atoms with E-state index < -0.39 is 6.10 Å². The van der Waals surface area contributed by atoms with Gasteiger partial charge in [0.15, 0.2) is 6.10 Å². The smallest absolute Gasteiger partial charge is 0.338 e. The summed E-state index contributed by atoms with van der Waals surface area (Å²) in [6, 6.07) is 8.08. The van der Waals surface area contributed by atoms with E-state index in [1.54, 1.807) is 0 Å². The molecular weight excluding hydrogens is 276 g/mol. The fourth-order valence-electron chi connectivity index (χ4n) is 2.64. The summed E-state index contributed by atoms with van der Waals surface area (Å²) in [6.45, 7) is 2.23. The van der Waals surface area contributed by atoms with Gasteiger partial charge in [-0.15, -0.1) is 0 Å². The lowest BCUT2D eigenvalue weighted by atomic mass is 10.0. The number of hydrogen-bond acceptors (Lipinski definition) is 3. The Balaban J connectivity index is 1.86. The maximum Gasteiger partial charge on any atom is 0.338 e. The number of allylic oxidation sites excluding steroid dienone is 1. The molecule has 0 bridgehead atoms. The third kappa shape index (κ3) is 4.70. The van der Waals surface area contributed by atoms with Crippen LogP contribution in [0.5, 0.6) is 0 Å². The molecule has 1 aromatic rings. The summed E-state index contributed by atoms with van der Waals surface area (Å²) in [6.07, 6.45) is 11.4. The number of rotatable bonds is 9. The lowest BCUT2D eigenvalue weighted by Gasteiger charge is -2.02. The third-order valence-electron chi connectivity index (χ3n) is 4.00. The second kappa shape index (κ2) is 8.74. The average molecular weight is 302 g/mol. The SMILES string of the molecule is CCCCCCCC=Cc1ccccc1C1OC1C(=O)OC. The maximum atomic E-state index is 11.5. The van der Waals surface area contributed by atoms with Crippen LogP contribution in [0.3, 0.4) is 0 Å².